The van der Waals surface area contributed by atoms with Crippen molar-refractivity contribution >= 4 is 23.5 Å². The number of aromatic nitrogens is 1. The SMILES string of the molecule is CNC(=S)C1(c2cccnc2)CCCC/C1=C\C=O. The summed E-state index contributed by atoms with van der Waals surface area (Å²) in [6, 6.07) is 3.96. The third-order valence-electron chi connectivity index (χ3n) is 3.83. The Kier molecular flexibility index (Phi) is 4.43. The van der Waals surface area contributed by atoms with Crippen LogP contribution in [-0.2, 0) is 10.2 Å². The number of rotatable bonds is 3. The molecule has 0 bridgehead atoms. The minimum Gasteiger partial charge on any atom is -0.382 e. The van der Waals surface area contributed by atoms with E-state index in [4.69, 9.17) is 12.2 Å². The van der Waals surface area contributed by atoms with Crippen LogP contribution in [0.1, 0.15) is 31.2 Å². The number of carbonyl (C=O) groups excluding carboxylic acids is 1. The highest BCUT2D eigenvalue weighted by atomic mass is 32.1. The number of pyridine rings is 1. The summed E-state index contributed by atoms with van der Waals surface area (Å²) in [6.45, 7) is 0. The summed E-state index contributed by atoms with van der Waals surface area (Å²) in [4.78, 5) is 15.9. The second-order valence-electron chi connectivity index (χ2n) is 4.76. The minimum absolute atomic E-state index is 0.364. The fourth-order valence-corrected chi connectivity index (χ4v) is 3.29. The van der Waals surface area contributed by atoms with Crippen molar-refractivity contribution in [3.8, 4) is 0 Å². The van der Waals surface area contributed by atoms with E-state index in [1.54, 1.807) is 12.3 Å². The Morgan fingerprint density at radius 2 is 2.37 bits per heavy atom. The first-order valence-electron chi connectivity index (χ1n) is 6.53. The average molecular weight is 274 g/mol. The standard InChI is InChI=1S/C15H18N2OS/c1-16-14(19)15(13-6-4-9-17-11-13)8-3-2-5-12(15)7-10-18/h4,6-7,9-11H,2-3,5,8H2,1H3,(H,16,19)/b12-7+. The molecule has 0 aromatic carbocycles. The Hall–Kier alpha value is -1.55. The molecule has 19 heavy (non-hydrogen) atoms. The van der Waals surface area contributed by atoms with Crippen LogP contribution in [0.25, 0.3) is 0 Å². The second-order valence-corrected chi connectivity index (χ2v) is 5.17. The van der Waals surface area contributed by atoms with Gasteiger partial charge >= 0.3 is 0 Å². The molecule has 1 unspecified atom stereocenters. The highest BCUT2D eigenvalue weighted by Crippen LogP contribution is 2.43. The summed E-state index contributed by atoms with van der Waals surface area (Å²) < 4.78 is 0. The molecule has 1 heterocycles. The Balaban J connectivity index is 2.59. The van der Waals surface area contributed by atoms with Crippen molar-refractivity contribution < 1.29 is 4.79 Å². The van der Waals surface area contributed by atoms with E-state index in [-0.39, 0.29) is 5.41 Å². The van der Waals surface area contributed by atoms with Crippen LogP contribution >= 0.6 is 12.2 Å². The molecule has 2 rings (SSSR count). The second kappa shape index (κ2) is 6.06. The quantitative estimate of drug-likeness (QED) is 0.522. The van der Waals surface area contributed by atoms with Gasteiger partial charge in [0.15, 0.2) is 0 Å². The number of aldehydes is 1. The van der Waals surface area contributed by atoms with E-state index >= 15 is 0 Å². The van der Waals surface area contributed by atoms with Gasteiger partial charge in [-0.25, -0.2) is 0 Å². The third-order valence-corrected chi connectivity index (χ3v) is 4.39. The molecule has 1 saturated carbocycles. The van der Waals surface area contributed by atoms with Gasteiger partial charge in [0.05, 0.1) is 10.4 Å². The molecule has 0 radical (unpaired) electrons. The first-order valence-corrected chi connectivity index (χ1v) is 6.94. The summed E-state index contributed by atoms with van der Waals surface area (Å²) in [5.41, 5.74) is 1.81. The molecular weight excluding hydrogens is 256 g/mol. The summed E-state index contributed by atoms with van der Waals surface area (Å²) >= 11 is 5.57. The van der Waals surface area contributed by atoms with Crippen molar-refractivity contribution in [2.75, 3.05) is 7.05 Å². The van der Waals surface area contributed by atoms with Gasteiger partial charge < -0.3 is 5.32 Å². The smallest absolute Gasteiger partial charge is 0.142 e. The summed E-state index contributed by atoms with van der Waals surface area (Å²) in [6.07, 6.45) is 10.2. The number of hydrogen-bond acceptors (Lipinski definition) is 3. The van der Waals surface area contributed by atoms with Gasteiger partial charge in [0.1, 0.15) is 6.29 Å². The molecule has 1 fully saturated rings. The predicted octanol–water partition coefficient (Wildman–Crippen LogP) is 2.57. The van der Waals surface area contributed by atoms with Crippen LogP contribution in [-0.4, -0.2) is 23.3 Å². The molecule has 1 atom stereocenters. The molecular formula is C15H18N2OS. The number of carbonyl (C=O) groups is 1. The van der Waals surface area contributed by atoms with E-state index in [9.17, 15) is 4.79 Å². The lowest BCUT2D eigenvalue weighted by atomic mass is 9.66. The molecule has 0 saturated heterocycles. The Morgan fingerprint density at radius 1 is 1.53 bits per heavy atom. The zero-order valence-electron chi connectivity index (χ0n) is 11.1. The van der Waals surface area contributed by atoms with Crippen molar-refractivity contribution in [1.29, 1.82) is 0 Å². The highest BCUT2D eigenvalue weighted by Gasteiger charge is 2.41. The minimum atomic E-state index is -0.364. The number of nitrogens with zero attached hydrogens (tertiary/aromatic N) is 1. The molecule has 1 aromatic heterocycles. The van der Waals surface area contributed by atoms with Crippen LogP contribution in [0.5, 0.6) is 0 Å². The van der Waals surface area contributed by atoms with Crippen molar-refractivity contribution in [2.24, 2.45) is 0 Å². The lowest BCUT2D eigenvalue weighted by molar-refractivity contribution is -0.104. The summed E-state index contributed by atoms with van der Waals surface area (Å²) in [5.74, 6) is 0. The molecule has 0 aliphatic heterocycles. The van der Waals surface area contributed by atoms with Gasteiger partial charge in [-0.15, -0.1) is 0 Å². The van der Waals surface area contributed by atoms with Crippen molar-refractivity contribution in [3.05, 3.63) is 41.7 Å². The molecule has 100 valence electrons. The number of hydrogen-bond donors (Lipinski definition) is 1. The zero-order chi connectivity index (χ0) is 13.7. The molecule has 4 heteroatoms. The number of likely N-dealkylation sites (N-methyl/N-ethyl adjacent to an activating group) is 1. The van der Waals surface area contributed by atoms with Crippen LogP contribution < -0.4 is 5.32 Å². The maximum atomic E-state index is 10.9. The first-order chi connectivity index (χ1) is 9.25. The monoisotopic (exact) mass is 274 g/mol. The van der Waals surface area contributed by atoms with Gasteiger partial charge in [-0.05, 0) is 42.5 Å². The number of allylic oxidation sites excluding steroid dienone is 1. The van der Waals surface area contributed by atoms with Gasteiger partial charge in [-0.2, -0.15) is 0 Å². The van der Waals surface area contributed by atoms with Crippen LogP contribution in [0.15, 0.2) is 36.2 Å². The van der Waals surface area contributed by atoms with Crippen LogP contribution in [0, 0.1) is 0 Å². The maximum Gasteiger partial charge on any atom is 0.142 e. The maximum absolute atomic E-state index is 10.9. The zero-order valence-corrected chi connectivity index (χ0v) is 11.9. The Labute approximate surface area is 119 Å². The lowest BCUT2D eigenvalue weighted by Gasteiger charge is -2.40. The van der Waals surface area contributed by atoms with E-state index in [1.807, 2.05) is 25.4 Å². The van der Waals surface area contributed by atoms with Gasteiger partial charge in [0, 0.05) is 19.4 Å². The topological polar surface area (TPSA) is 42.0 Å². The fourth-order valence-electron chi connectivity index (χ4n) is 2.94. The molecule has 3 nitrogen and oxygen atoms in total. The van der Waals surface area contributed by atoms with Crippen molar-refractivity contribution in [3.63, 3.8) is 0 Å². The third kappa shape index (κ3) is 2.45. The van der Waals surface area contributed by atoms with E-state index < -0.39 is 0 Å². The fraction of sp³-hybridized carbons (Fsp3) is 0.400. The van der Waals surface area contributed by atoms with E-state index in [0.717, 1.165) is 48.1 Å². The highest BCUT2D eigenvalue weighted by molar-refractivity contribution is 7.80. The average Bonchev–Trinajstić information content (AvgIpc) is 2.48. The van der Waals surface area contributed by atoms with Crippen LogP contribution in [0.2, 0.25) is 0 Å². The number of nitrogens with one attached hydrogen (secondary N) is 1. The van der Waals surface area contributed by atoms with Gasteiger partial charge in [0.2, 0.25) is 0 Å². The van der Waals surface area contributed by atoms with Crippen LogP contribution in [0.4, 0.5) is 0 Å². The van der Waals surface area contributed by atoms with Gasteiger partial charge in [-0.1, -0.05) is 24.7 Å². The van der Waals surface area contributed by atoms with E-state index in [0.29, 0.717) is 0 Å². The first kappa shape index (κ1) is 13.9. The van der Waals surface area contributed by atoms with Gasteiger partial charge in [-0.3, -0.25) is 9.78 Å². The Morgan fingerprint density at radius 3 is 3.00 bits per heavy atom. The van der Waals surface area contributed by atoms with Crippen LogP contribution in [0.3, 0.4) is 0 Å². The van der Waals surface area contributed by atoms with Gasteiger partial charge in [0.25, 0.3) is 0 Å². The number of thiocarbonyl (C=S) groups is 1. The Bertz CT molecular complexity index is 498. The van der Waals surface area contributed by atoms with E-state index in [2.05, 4.69) is 10.3 Å². The van der Waals surface area contributed by atoms with Crippen molar-refractivity contribution in [2.45, 2.75) is 31.1 Å². The lowest BCUT2D eigenvalue weighted by Crippen LogP contribution is -2.45. The summed E-state index contributed by atoms with van der Waals surface area (Å²) in [5, 5.41) is 3.11. The molecule has 0 spiro atoms. The largest absolute Gasteiger partial charge is 0.382 e. The predicted molar refractivity (Wildman–Crippen MR) is 80.2 cm³/mol. The molecule has 1 aliphatic rings. The molecule has 0 amide bonds. The molecule has 1 aromatic rings. The summed E-state index contributed by atoms with van der Waals surface area (Å²) in [7, 11) is 1.84. The normalized spacial score (nSPS) is 25.0. The van der Waals surface area contributed by atoms with Crippen molar-refractivity contribution in [1.82, 2.24) is 10.3 Å². The molecule has 1 aliphatic carbocycles. The van der Waals surface area contributed by atoms with E-state index in [1.165, 1.54) is 0 Å². The molecule has 1 N–H and O–H groups in total.